The molecule has 3 heteroatoms. The van der Waals surface area contributed by atoms with Crippen molar-refractivity contribution in [3.63, 3.8) is 0 Å². The topological polar surface area (TPSA) is 38.3 Å². The Hall–Kier alpha value is -2.29. The molecule has 0 aromatic heterocycles. The van der Waals surface area contributed by atoms with E-state index in [1.807, 2.05) is 61.5 Å². The van der Waals surface area contributed by atoms with Crippen LogP contribution in [0.4, 0.5) is 5.69 Å². The Morgan fingerprint density at radius 2 is 1.89 bits per heavy atom. The average Bonchev–Trinajstić information content (AvgIpc) is 2.46. The first-order chi connectivity index (χ1) is 9.28. The summed E-state index contributed by atoms with van der Waals surface area (Å²) in [6.45, 7) is 2.34. The maximum Gasteiger partial charge on any atom is 0.224 e. The minimum atomic E-state index is 0.000194. The molecular weight excluding hydrogens is 238 g/mol. The van der Waals surface area contributed by atoms with Crippen LogP contribution in [0.25, 0.3) is 0 Å². The lowest BCUT2D eigenvalue weighted by Gasteiger charge is -2.08. The molecule has 0 bridgehead atoms. The molecule has 19 heavy (non-hydrogen) atoms. The molecule has 2 rings (SSSR count). The Morgan fingerprint density at radius 1 is 1.11 bits per heavy atom. The minimum absolute atomic E-state index is 0.000194. The summed E-state index contributed by atoms with van der Waals surface area (Å²) in [6.07, 6.45) is 0.467. The van der Waals surface area contributed by atoms with Crippen LogP contribution in [0.1, 0.15) is 18.9 Å². The molecule has 0 unspecified atom stereocenters. The van der Waals surface area contributed by atoms with Crippen LogP contribution in [0.5, 0.6) is 5.75 Å². The second-order valence-corrected chi connectivity index (χ2v) is 4.20. The smallest absolute Gasteiger partial charge is 0.224 e. The van der Waals surface area contributed by atoms with Crippen LogP contribution < -0.4 is 10.1 Å². The quantitative estimate of drug-likeness (QED) is 0.886. The van der Waals surface area contributed by atoms with Crippen molar-refractivity contribution in [2.24, 2.45) is 0 Å². The first-order valence-corrected chi connectivity index (χ1v) is 6.34. The number of nitrogens with one attached hydrogen (secondary N) is 1. The number of anilines is 1. The zero-order chi connectivity index (χ0) is 13.5. The first-order valence-electron chi connectivity index (χ1n) is 6.34. The number of ether oxygens (including phenoxy) is 1. The molecule has 0 aliphatic rings. The van der Waals surface area contributed by atoms with Gasteiger partial charge >= 0.3 is 0 Å². The van der Waals surface area contributed by atoms with Crippen molar-refractivity contribution < 1.29 is 9.53 Å². The highest BCUT2D eigenvalue weighted by Crippen LogP contribution is 2.18. The number of carbonyl (C=O) groups excluding carboxylic acids is 1. The van der Waals surface area contributed by atoms with Gasteiger partial charge in [-0.15, -0.1) is 0 Å². The van der Waals surface area contributed by atoms with Gasteiger partial charge in [-0.2, -0.15) is 0 Å². The van der Waals surface area contributed by atoms with E-state index >= 15 is 0 Å². The third-order valence-corrected chi connectivity index (χ3v) is 2.69. The highest BCUT2D eigenvalue weighted by Gasteiger charge is 2.01. The Kier molecular flexibility index (Phi) is 4.56. The van der Waals surface area contributed by atoms with Gasteiger partial charge in [0.1, 0.15) is 12.4 Å². The summed E-state index contributed by atoms with van der Waals surface area (Å²) in [7, 11) is 0. The lowest BCUT2D eigenvalue weighted by atomic mass is 10.2. The van der Waals surface area contributed by atoms with Gasteiger partial charge in [0.05, 0.1) is 0 Å². The molecule has 0 fully saturated rings. The second-order valence-electron chi connectivity index (χ2n) is 4.20. The van der Waals surface area contributed by atoms with Gasteiger partial charge in [0.15, 0.2) is 0 Å². The van der Waals surface area contributed by atoms with Gasteiger partial charge in [0.25, 0.3) is 0 Å². The van der Waals surface area contributed by atoms with Crippen LogP contribution in [0.15, 0.2) is 54.6 Å². The molecule has 0 heterocycles. The summed E-state index contributed by atoms with van der Waals surface area (Å²) in [5, 5.41) is 2.81. The molecule has 0 aliphatic heterocycles. The number of benzene rings is 2. The first kappa shape index (κ1) is 13.1. The van der Waals surface area contributed by atoms with Gasteiger partial charge in [0.2, 0.25) is 5.91 Å². The van der Waals surface area contributed by atoms with Gasteiger partial charge in [-0.05, 0) is 17.7 Å². The molecule has 2 aromatic rings. The molecule has 1 N–H and O–H groups in total. The second kappa shape index (κ2) is 6.59. The fraction of sp³-hybridized carbons (Fsp3) is 0.188. The number of carbonyl (C=O) groups is 1. The molecule has 98 valence electrons. The van der Waals surface area contributed by atoms with Crippen molar-refractivity contribution in [2.75, 3.05) is 5.32 Å². The predicted molar refractivity (Wildman–Crippen MR) is 76.1 cm³/mol. The van der Waals surface area contributed by atoms with E-state index in [2.05, 4.69) is 5.32 Å². The van der Waals surface area contributed by atoms with E-state index in [0.29, 0.717) is 13.0 Å². The van der Waals surface area contributed by atoms with Crippen LogP contribution in [0.3, 0.4) is 0 Å². The number of hydrogen-bond acceptors (Lipinski definition) is 2. The highest BCUT2D eigenvalue weighted by molar-refractivity contribution is 5.90. The van der Waals surface area contributed by atoms with Gasteiger partial charge in [-0.3, -0.25) is 4.79 Å². The van der Waals surface area contributed by atoms with E-state index in [-0.39, 0.29) is 5.91 Å². The molecule has 0 atom stereocenters. The third kappa shape index (κ3) is 4.14. The summed E-state index contributed by atoms with van der Waals surface area (Å²) in [5.74, 6) is 0.748. The van der Waals surface area contributed by atoms with Crippen molar-refractivity contribution >= 4 is 11.6 Å². The largest absolute Gasteiger partial charge is 0.489 e. The average molecular weight is 255 g/mol. The van der Waals surface area contributed by atoms with E-state index in [4.69, 9.17) is 4.74 Å². The Labute approximate surface area is 113 Å². The zero-order valence-corrected chi connectivity index (χ0v) is 10.9. The summed E-state index contributed by atoms with van der Waals surface area (Å²) in [6, 6.07) is 17.4. The maximum absolute atomic E-state index is 11.3. The van der Waals surface area contributed by atoms with Crippen molar-refractivity contribution in [2.45, 2.75) is 20.0 Å². The van der Waals surface area contributed by atoms with Crippen LogP contribution >= 0.6 is 0 Å². The van der Waals surface area contributed by atoms with Crippen LogP contribution in [-0.2, 0) is 11.4 Å². The SMILES string of the molecule is CCC(=O)Nc1cccc(OCc2ccccc2)c1. The van der Waals surface area contributed by atoms with E-state index in [9.17, 15) is 4.79 Å². The van der Waals surface area contributed by atoms with Crippen molar-refractivity contribution in [3.8, 4) is 5.75 Å². The normalized spacial score (nSPS) is 9.95. The number of hydrogen-bond donors (Lipinski definition) is 1. The van der Waals surface area contributed by atoms with E-state index < -0.39 is 0 Å². The van der Waals surface area contributed by atoms with Crippen LogP contribution in [0.2, 0.25) is 0 Å². The van der Waals surface area contributed by atoms with Gasteiger partial charge in [0, 0.05) is 18.2 Å². The van der Waals surface area contributed by atoms with Crippen LogP contribution in [-0.4, -0.2) is 5.91 Å². The predicted octanol–water partition coefficient (Wildman–Crippen LogP) is 3.61. The molecule has 2 aromatic carbocycles. The van der Waals surface area contributed by atoms with E-state index in [1.165, 1.54) is 0 Å². The lowest BCUT2D eigenvalue weighted by Crippen LogP contribution is -2.09. The van der Waals surface area contributed by atoms with Gasteiger partial charge in [-0.25, -0.2) is 0 Å². The monoisotopic (exact) mass is 255 g/mol. The van der Waals surface area contributed by atoms with E-state index in [0.717, 1.165) is 17.0 Å². The fourth-order valence-electron chi connectivity index (χ4n) is 1.65. The van der Waals surface area contributed by atoms with E-state index in [1.54, 1.807) is 0 Å². The third-order valence-electron chi connectivity index (χ3n) is 2.69. The molecule has 0 spiro atoms. The lowest BCUT2D eigenvalue weighted by molar-refractivity contribution is -0.115. The summed E-state index contributed by atoms with van der Waals surface area (Å²) in [4.78, 5) is 11.3. The molecule has 0 saturated heterocycles. The summed E-state index contributed by atoms with van der Waals surface area (Å²) >= 11 is 0. The Balaban J connectivity index is 1.97. The van der Waals surface area contributed by atoms with Gasteiger partial charge < -0.3 is 10.1 Å². The maximum atomic E-state index is 11.3. The minimum Gasteiger partial charge on any atom is -0.489 e. The van der Waals surface area contributed by atoms with Crippen LogP contribution in [0, 0.1) is 0 Å². The summed E-state index contributed by atoms with van der Waals surface area (Å²) < 4.78 is 5.70. The molecule has 1 amide bonds. The zero-order valence-electron chi connectivity index (χ0n) is 10.9. The Morgan fingerprint density at radius 3 is 2.63 bits per heavy atom. The van der Waals surface area contributed by atoms with Crippen molar-refractivity contribution in [1.82, 2.24) is 0 Å². The highest BCUT2D eigenvalue weighted by atomic mass is 16.5. The molecule has 0 aliphatic carbocycles. The Bertz CT molecular complexity index is 537. The number of rotatable bonds is 5. The number of amides is 1. The van der Waals surface area contributed by atoms with Crippen molar-refractivity contribution in [3.05, 3.63) is 60.2 Å². The fourth-order valence-corrected chi connectivity index (χ4v) is 1.65. The van der Waals surface area contributed by atoms with Gasteiger partial charge in [-0.1, -0.05) is 43.3 Å². The molecular formula is C16H17NO2. The standard InChI is InChI=1S/C16H17NO2/c1-2-16(18)17-14-9-6-10-15(11-14)19-12-13-7-4-3-5-8-13/h3-11H,2,12H2,1H3,(H,17,18). The summed E-state index contributed by atoms with van der Waals surface area (Å²) in [5.41, 5.74) is 1.88. The molecule has 0 saturated carbocycles. The molecule has 3 nitrogen and oxygen atoms in total. The molecule has 0 radical (unpaired) electrons. The van der Waals surface area contributed by atoms with Crippen molar-refractivity contribution in [1.29, 1.82) is 0 Å².